The average molecular weight is 190 g/mol. The van der Waals surface area contributed by atoms with Gasteiger partial charge in [0.1, 0.15) is 14.0 Å². The summed E-state index contributed by atoms with van der Waals surface area (Å²) < 4.78 is 25.3. The van der Waals surface area contributed by atoms with E-state index in [4.69, 9.17) is 22.0 Å². The van der Waals surface area contributed by atoms with Gasteiger partial charge in [0.15, 0.2) is 0 Å². The molecule has 0 aromatic carbocycles. The van der Waals surface area contributed by atoms with Crippen LogP contribution in [-0.2, 0) is 18.3 Å². The van der Waals surface area contributed by atoms with Gasteiger partial charge < -0.3 is 9.63 Å². The Hall–Kier alpha value is 0.135. The summed E-state index contributed by atoms with van der Waals surface area (Å²) in [5.41, 5.74) is 0. The predicted molar refractivity (Wildman–Crippen MR) is 39.7 cm³/mol. The van der Waals surface area contributed by atoms with Crippen molar-refractivity contribution in [2.45, 2.75) is 24.6 Å². The van der Waals surface area contributed by atoms with Gasteiger partial charge in [0, 0.05) is 6.00 Å². The maximum absolute atomic E-state index is 10.9. The van der Waals surface area contributed by atoms with E-state index < -0.39 is 19.9 Å². The van der Waals surface area contributed by atoms with Crippen molar-refractivity contribution in [3.05, 3.63) is 0 Å². The van der Waals surface area contributed by atoms with Gasteiger partial charge in [-0.3, -0.25) is 9.05 Å². The van der Waals surface area contributed by atoms with Gasteiger partial charge in [0.2, 0.25) is 0 Å². The van der Waals surface area contributed by atoms with Crippen LogP contribution in [0, 0.1) is 0 Å². The zero-order valence-electron chi connectivity index (χ0n) is 6.25. The molecule has 0 bridgehead atoms. The smallest absolute Gasteiger partial charge is 0.380 e. The summed E-state index contributed by atoms with van der Waals surface area (Å²) in [5.74, 6) is 0. The molecular formula is C5H8BO5P. The van der Waals surface area contributed by atoms with Gasteiger partial charge in [0.25, 0.3) is 0 Å². The highest BCUT2D eigenvalue weighted by Crippen LogP contribution is 2.50. The fourth-order valence-electron chi connectivity index (χ4n) is 1.38. The topological polar surface area (TPSA) is 65.0 Å². The van der Waals surface area contributed by atoms with Gasteiger partial charge in [-0.2, -0.15) is 0 Å². The number of fused-ring (bicyclic) bond motifs is 1. The molecule has 0 saturated carbocycles. The molecule has 12 heavy (non-hydrogen) atoms. The largest absolute Gasteiger partial charge is 0.472 e. The van der Waals surface area contributed by atoms with Crippen LogP contribution in [0.4, 0.5) is 0 Å². The summed E-state index contributed by atoms with van der Waals surface area (Å²) in [7, 11) is 1.64. The van der Waals surface area contributed by atoms with E-state index in [0.29, 0.717) is 6.42 Å². The fourth-order valence-corrected chi connectivity index (χ4v) is 2.34. The van der Waals surface area contributed by atoms with Gasteiger partial charge >= 0.3 is 7.82 Å². The summed E-state index contributed by atoms with van der Waals surface area (Å²) >= 11 is 0. The Labute approximate surface area is 71.0 Å². The lowest BCUT2D eigenvalue weighted by atomic mass is 9.96. The van der Waals surface area contributed by atoms with E-state index >= 15 is 0 Å². The third-order valence-electron chi connectivity index (χ3n) is 1.90. The zero-order chi connectivity index (χ0) is 8.77. The van der Waals surface area contributed by atoms with Crippen LogP contribution in [0.5, 0.6) is 0 Å². The van der Waals surface area contributed by atoms with Gasteiger partial charge in [-0.1, -0.05) is 0 Å². The van der Waals surface area contributed by atoms with Crippen molar-refractivity contribution in [2.24, 2.45) is 0 Å². The number of ether oxygens (including phenoxy) is 1. The first-order valence-electron chi connectivity index (χ1n) is 3.63. The molecule has 2 radical (unpaired) electrons. The quantitative estimate of drug-likeness (QED) is 0.422. The van der Waals surface area contributed by atoms with Crippen molar-refractivity contribution in [1.82, 2.24) is 0 Å². The van der Waals surface area contributed by atoms with E-state index in [9.17, 15) is 4.57 Å². The molecule has 2 saturated heterocycles. The maximum Gasteiger partial charge on any atom is 0.472 e. The molecule has 0 spiro atoms. The molecule has 1 N–H and O–H groups in total. The second kappa shape index (κ2) is 2.82. The van der Waals surface area contributed by atoms with E-state index in [2.05, 4.69) is 4.52 Å². The first kappa shape index (κ1) is 8.72. The van der Waals surface area contributed by atoms with Crippen LogP contribution < -0.4 is 0 Å². The molecule has 0 aliphatic carbocycles. The molecule has 2 fully saturated rings. The molecule has 5 nitrogen and oxygen atoms in total. The van der Waals surface area contributed by atoms with Crippen LogP contribution in [-0.4, -0.2) is 37.6 Å². The fraction of sp³-hybridized carbons (Fsp3) is 1.00. The summed E-state index contributed by atoms with van der Waals surface area (Å²) in [6.07, 6.45) is -0.253. The molecule has 0 amide bonds. The molecule has 66 valence electrons. The van der Waals surface area contributed by atoms with Crippen molar-refractivity contribution in [2.75, 3.05) is 6.61 Å². The molecule has 0 aromatic heterocycles. The van der Waals surface area contributed by atoms with Crippen LogP contribution in [0.2, 0.25) is 0 Å². The Morgan fingerprint density at radius 1 is 1.50 bits per heavy atom. The number of phosphoric acid groups is 1. The van der Waals surface area contributed by atoms with Gasteiger partial charge in [-0.25, -0.2) is 4.57 Å². The lowest BCUT2D eigenvalue weighted by Gasteiger charge is -2.27. The number of rotatable bonds is 0. The van der Waals surface area contributed by atoms with E-state index in [1.807, 2.05) is 0 Å². The Morgan fingerprint density at radius 3 is 3.00 bits per heavy atom. The minimum Gasteiger partial charge on any atom is -0.380 e. The Kier molecular flexibility index (Phi) is 2.05. The zero-order valence-corrected chi connectivity index (χ0v) is 7.15. The molecule has 0 aromatic rings. The first-order chi connectivity index (χ1) is 5.57. The average Bonchev–Trinajstić information content (AvgIpc) is 2.26. The summed E-state index contributed by atoms with van der Waals surface area (Å²) in [5, 5.41) is 0. The molecule has 2 aliphatic rings. The lowest BCUT2D eigenvalue weighted by Crippen LogP contribution is -2.32. The van der Waals surface area contributed by atoms with Crippen molar-refractivity contribution in [1.29, 1.82) is 0 Å². The van der Waals surface area contributed by atoms with Crippen LogP contribution in [0.15, 0.2) is 0 Å². The maximum atomic E-state index is 10.9. The molecule has 2 heterocycles. The number of phosphoric ester groups is 1. The number of hydrogen-bond acceptors (Lipinski definition) is 4. The van der Waals surface area contributed by atoms with Crippen molar-refractivity contribution in [3.63, 3.8) is 0 Å². The molecular weight excluding hydrogens is 182 g/mol. The Bertz CT molecular complexity index is 234. The Morgan fingerprint density at radius 2 is 2.25 bits per heavy atom. The van der Waals surface area contributed by atoms with Crippen LogP contribution in [0.3, 0.4) is 0 Å². The van der Waals surface area contributed by atoms with Gasteiger partial charge in [-0.15, -0.1) is 0 Å². The standard InChI is InChI=1S/C5H8BO5P/c6-5-1-3-4(10-5)2-9-12(7,8)11-3/h3-5H,1-2H2,(H,7,8)/t3?,4-,5-/m1/s1. The highest BCUT2D eigenvalue weighted by molar-refractivity contribution is 7.47. The monoisotopic (exact) mass is 190 g/mol. The normalized spacial score (nSPS) is 53.6. The summed E-state index contributed by atoms with van der Waals surface area (Å²) in [4.78, 5) is 8.92. The third-order valence-corrected chi connectivity index (χ3v) is 2.91. The van der Waals surface area contributed by atoms with Crippen LogP contribution in [0.1, 0.15) is 6.42 Å². The third kappa shape index (κ3) is 1.58. The highest BCUT2D eigenvalue weighted by atomic mass is 31.2. The Balaban J connectivity index is 2.07. The van der Waals surface area contributed by atoms with Gasteiger partial charge in [0.05, 0.1) is 12.7 Å². The van der Waals surface area contributed by atoms with Crippen molar-refractivity contribution >= 4 is 15.7 Å². The molecule has 2 unspecified atom stereocenters. The summed E-state index contributed by atoms with van der Waals surface area (Å²) in [6.45, 7) is 0.0755. The van der Waals surface area contributed by atoms with Crippen molar-refractivity contribution < 1.29 is 23.2 Å². The second-order valence-corrected chi connectivity index (χ2v) is 4.26. The van der Waals surface area contributed by atoms with Crippen molar-refractivity contribution in [3.8, 4) is 0 Å². The minimum atomic E-state index is -3.82. The van der Waals surface area contributed by atoms with E-state index in [0.717, 1.165) is 0 Å². The minimum absolute atomic E-state index is 0.0755. The van der Waals surface area contributed by atoms with E-state index in [-0.39, 0.29) is 12.7 Å². The molecule has 4 atom stereocenters. The summed E-state index contributed by atoms with van der Waals surface area (Å²) in [6, 6.07) is -0.415. The second-order valence-electron chi connectivity index (χ2n) is 2.86. The predicted octanol–water partition coefficient (Wildman–Crippen LogP) is -0.214. The van der Waals surface area contributed by atoms with E-state index in [1.54, 1.807) is 0 Å². The molecule has 7 heteroatoms. The van der Waals surface area contributed by atoms with Crippen LogP contribution in [0.25, 0.3) is 0 Å². The van der Waals surface area contributed by atoms with E-state index in [1.165, 1.54) is 0 Å². The highest BCUT2D eigenvalue weighted by Gasteiger charge is 2.44. The molecule has 2 aliphatic heterocycles. The van der Waals surface area contributed by atoms with Gasteiger partial charge in [-0.05, 0) is 6.42 Å². The molecule has 2 rings (SSSR count). The number of hydrogen-bond donors (Lipinski definition) is 1. The van der Waals surface area contributed by atoms with Crippen LogP contribution >= 0.6 is 7.82 Å². The first-order valence-corrected chi connectivity index (χ1v) is 5.13. The SMILES string of the molecule is [B][C@H]1CC2OP(=O)(O)OC[C@H]2O1. The lowest BCUT2D eigenvalue weighted by molar-refractivity contribution is -0.0413.